The molecule has 6 nitrogen and oxygen atoms in total. The van der Waals surface area contributed by atoms with Crippen LogP contribution in [0.3, 0.4) is 0 Å². The van der Waals surface area contributed by atoms with Crippen LogP contribution in [0.4, 0.5) is 10.2 Å². The molecule has 0 amide bonds. The first kappa shape index (κ1) is 18.1. The van der Waals surface area contributed by atoms with Crippen molar-refractivity contribution in [2.75, 3.05) is 31.3 Å². The number of rotatable bonds is 6. The van der Waals surface area contributed by atoms with E-state index < -0.39 is 12.8 Å². The summed E-state index contributed by atoms with van der Waals surface area (Å²) < 4.78 is 20.2. The molecule has 1 N–H and O–H groups in total. The lowest BCUT2D eigenvalue weighted by molar-refractivity contribution is -0.0253. The maximum absolute atomic E-state index is 12.3. The molecule has 1 unspecified atom stereocenters. The van der Waals surface area contributed by atoms with Gasteiger partial charge in [0.1, 0.15) is 24.2 Å². The van der Waals surface area contributed by atoms with Crippen LogP contribution in [0, 0.1) is 0 Å². The highest BCUT2D eigenvalue weighted by Crippen LogP contribution is 2.30. The van der Waals surface area contributed by atoms with Gasteiger partial charge in [-0.3, -0.25) is 4.98 Å². The third-order valence-electron chi connectivity index (χ3n) is 5.28. The SMILES string of the molecule is CCn1c2ccncc2c2ccc(N3CCC(OCC(O)CF)CC3)nc21. The Hall–Kier alpha value is -2.25. The summed E-state index contributed by atoms with van der Waals surface area (Å²) in [4.78, 5) is 11.5. The average Bonchev–Trinajstić information content (AvgIpc) is 3.05. The van der Waals surface area contributed by atoms with Gasteiger partial charge in [-0.15, -0.1) is 0 Å². The number of aliphatic hydroxyl groups is 1. The Morgan fingerprint density at radius 2 is 2.07 bits per heavy atom. The summed E-state index contributed by atoms with van der Waals surface area (Å²) in [5.74, 6) is 0.968. The maximum atomic E-state index is 12.3. The van der Waals surface area contributed by atoms with Gasteiger partial charge in [0.15, 0.2) is 0 Å². The van der Waals surface area contributed by atoms with Gasteiger partial charge in [0.2, 0.25) is 0 Å². The Kier molecular flexibility index (Phi) is 5.22. The normalized spacial score (nSPS) is 17.1. The van der Waals surface area contributed by atoms with Crippen LogP contribution in [0.1, 0.15) is 19.8 Å². The molecule has 0 aliphatic carbocycles. The molecular weight excluding hydrogens is 347 g/mol. The van der Waals surface area contributed by atoms with Crippen molar-refractivity contribution in [1.29, 1.82) is 0 Å². The monoisotopic (exact) mass is 372 g/mol. The van der Waals surface area contributed by atoms with Gasteiger partial charge in [-0.1, -0.05) is 0 Å². The van der Waals surface area contributed by atoms with Crippen molar-refractivity contribution in [3.05, 3.63) is 30.6 Å². The fraction of sp³-hybridized carbons (Fsp3) is 0.500. The van der Waals surface area contributed by atoms with Gasteiger partial charge in [-0.25, -0.2) is 9.37 Å². The first-order chi connectivity index (χ1) is 13.2. The van der Waals surface area contributed by atoms with E-state index in [2.05, 4.69) is 33.5 Å². The molecule has 1 aliphatic rings. The van der Waals surface area contributed by atoms with Gasteiger partial charge in [-0.2, -0.15) is 0 Å². The average molecular weight is 372 g/mol. The zero-order chi connectivity index (χ0) is 18.8. The van der Waals surface area contributed by atoms with E-state index in [4.69, 9.17) is 9.72 Å². The molecule has 4 rings (SSSR count). The number of piperidine rings is 1. The zero-order valence-corrected chi connectivity index (χ0v) is 15.5. The number of ether oxygens (including phenoxy) is 1. The minimum absolute atomic E-state index is 0.0655. The van der Waals surface area contributed by atoms with Crippen LogP contribution in [-0.4, -0.2) is 58.2 Å². The highest BCUT2D eigenvalue weighted by atomic mass is 19.1. The number of anilines is 1. The summed E-state index contributed by atoms with van der Waals surface area (Å²) in [6.07, 6.45) is 4.47. The van der Waals surface area contributed by atoms with Gasteiger partial charge in [0.05, 0.1) is 18.2 Å². The number of aromatic nitrogens is 3. The molecule has 3 aromatic rings. The molecule has 4 heterocycles. The number of hydrogen-bond donors (Lipinski definition) is 1. The van der Waals surface area contributed by atoms with Crippen molar-refractivity contribution in [3.63, 3.8) is 0 Å². The van der Waals surface area contributed by atoms with Gasteiger partial charge in [-0.05, 0) is 38.0 Å². The van der Waals surface area contributed by atoms with Crippen molar-refractivity contribution in [2.24, 2.45) is 0 Å². The third kappa shape index (κ3) is 3.49. The summed E-state index contributed by atoms with van der Waals surface area (Å²) >= 11 is 0. The molecule has 0 aromatic carbocycles. The Labute approximate surface area is 157 Å². The molecule has 0 bridgehead atoms. The quantitative estimate of drug-likeness (QED) is 0.721. The second kappa shape index (κ2) is 7.78. The largest absolute Gasteiger partial charge is 0.388 e. The van der Waals surface area contributed by atoms with Gasteiger partial charge >= 0.3 is 0 Å². The third-order valence-corrected chi connectivity index (χ3v) is 5.28. The zero-order valence-electron chi connectivity index (χ0n) is 15.5. The lowest BCUT2D eigenvalue weighted by Crippen LogP contribution is -2.38. The van der Waals surface area contributed by atoms with Crippen molar-refractivity contribution in [2.45, 2.75) is 38.5 Å². The van der Waals surface area contributed by atoms with Crippen LogP contribution in [-0.2, 0) is 11.3 Å². The molecule has 3 aromatic heterocycles. The van der Waals surface area contributed by atoms with Crippen molar-refractivity contribution >= 4 is 27.8 Å². The van der Waals surface area contributed by atoms with E-state index >= 15 is 0 Å². The molecule has 0 radical (unpaired) electrons. The molecule has 7 heteroatoms. The summed E-state index contributed by atoms with van der Waals surface area (Å²) in [5.41, 5.74) is 2.15. The van der Waals surface area contributed by atoms with Gasteiger partial charge in [0.25, 0.3) is 0 Å². The second-order valence-electron chi connectivity index (χ2n) is 7.01. The van der Waals surface area contributed by atoms with E-state index in [1.807, 2.05) is 18.5 Å². The second-order valence-corrected chi connectivity index (χ2v) is 7.01. The standard InChI is InChI=1S/C20H25FN4O2/c1-2-25-18-5-8-22-12-17(18)16-3-4-19(23-20(16)25)24-9-6-15(7-10-24)27-13-14(26)11-21/h3-5,8,12,14-15,26H,2,6-7,9-11,13H2,1H3. The molecule has 27 heavy (non-hydrogen) atoms. The Bertz CT molecular complexity index is 921. The highest BCUT2D eigenvalue weighted by Gasteiger charge is 2.22. The minimum Gasteiger partial charge on any atom is -0.388 e. The molecule has 1 fully saturated rings. The number of nitrogens with zero attached hydrogens (tertiary/aromatic N) is 4. The smallest absolute Gasteiger partial charge is 0.143 e. The summed E-state index contributed by atoms with van der Waals surface area (Å²) in [7, 11) is 0. The number of alkyl halides is 1. The van der Waals surface area contributed by atoms with E-state index in [9.17, 15) is 9.50 Å². The number of fused-ring (bicyclic) bond motifs is 3. The van der Waals surface area contributed by atoms with Crippen LogP contribution >= 0.6 is 0 Å². The first-order valence-corrected chi connectivity index (χ1v) is 9.54. The maximum Gasteiger partial charge on any atom is 0.143 e. The Balaban J connectivity index is 1.52. The highest BCUT2D eigenvalue weighted by molar-refractivity contribution is 6.06. The van der Waals surface area contributed by atoms with E-state index in [1.54, 1.807) is 0 Å². The number of aliphatic hydroxyl groups excluding tert-OH is 1. The van der Waals surface area contributed by atoms with E-state index in [-0.39, 0.29) is 12.7 Å². The van der Waals surface area contributed by atoms with E-state index in [0.29, 0.717) is 0 Å². The molecular formula is C20H25FN4O2. The van der Waals surface area contributed by atoms with Crippen LogP contribution in [0.2, 0.25) is 0 Å². The molecule has 0 spiro atoms. The Morgan fingerprint density at radius 1 is 1.26 bits per heavy atom. The fourth-order valence-corrected chi connectivity index (χ4v) is 3.84. The molecule has 1 atom stereocenters. The lowest BCUT2D eigenvalue weighted by Gasteiger charge is -2.33. The number of pyridine rings is 2. The van der Waals surface area contributed by atoms with E-state index in [0.717, 1.165) is 60.2 Å². The van der Waals surface area contributed by atoms with Gasteiger partial charge < -0.3 is 19.3 Å². The summed E-state index contributed by atoms with van der Waals surface area (Å²) in [6.45, 7) is 3.96. The van der Waals surface area contributed by atoms with Crippen LogP contribution < -0.4 is 4.90 Å². The van der Waals surface area contributed by atoms with Gasteiger partial charge in [0, 0.05) is 42.8 Å². The van der Waals surface area contributed by atoms with Crippen molar-refractivity contribution in [3.8, 4) is 0 Å². The van der Waals surface area contributed by atoms with Crippen molar-refractivity contribution in [1.82, 2.24) is 14.5 Å². The molecule has 0 saturated carbocycles. The topological polar surface area (TPSA) is 63.4 Å². The Morgan fingerprint density at radius 3 is 2.81 bits per heavy atom. The first-order valence-electron chi connectivity index (χ1n) is 9.54. The van der Waals surface area contributed by atoms with Crippen LogP contribution in [0.15, 0.2) is 30.6 Å². The molecule has 144 valence electrons. The number of aryl methyl sites for hydroxylation is 1. The van der Waals surface area contributed by atoms with Crippen LogP contribution in [0.5, 0.6) is 0 Å². The predicted octanol–water partition coefficient (Wildman–Crippen LogP) is 2.92. The minimum atomic E-state index is -1.02. The fourth-order valence-electron chi connectivity index (χ4n) is 3.84. The lowest BCUT2D eigenvalue weighted by atomic mass is 10.1. The van der Waals surface area contributed by atoms with Crippen molar-refractivity contribution < 1.29 is 14.2 Å². The summed E-state index contributed by atoms with van der Waals surface area (Å²) in [6, 6.07) is 6.24. The van der Waals surface area contributed by atoms with E-state index in [1.165, 1.54) is 0 Å². The predicted molar refractivity (Wildman–Crippen MR) is 104 cm³/mol. The molecule has 1 saturated heterocycles. The summed E-state index contributed by atoms with van der Waals surface area (Å²) in [5, 5.41) is 11.6. The number of hydrogen-bond acceptors (Lipinski definition) is 5. The molecule has 1 aliphatic heterocycles. The number of halogens is 1. The van der Waals surface area contributed by atoms with Crippen LogP contribution in [0.25, 0.3) is 21.9 Å².